The fourth-order valence-electron chi connectivity index (χ4n) is 6.52. The van der Waals surface area contributed by atoms with E-state index in [0.717, 1.165) is 37.4 Å². The van der Waals surface area contributed by atoms with Crippen LogP contribution >= 0.6 is 11.8 Å². The Kier molecular flexibility index (Phi) is 8.74. The third-order valence-electron chi connectivity index (χ3n) is 9.07. The summed E-state index contributed by atoms with van der Waals surface area (Å²) in [6.45, 7) is 5.72. The summed E-state index contributed by atoms with van der Waals surface area (Å²) < 4.78 is 0. The second-order valence-corrected chi connectivity index (χ2v) is 12.7. The largest absolute Gasteiger partial charge is 0.368 e. The summed E-state index contributed by atoms with van der Waals surface area (Å²) in [6.07, 6.45) is 0.575. The van der Waals surface area contributed by atoms with Gasteiger partial charge in [-0.1, -0.05) is 60.3 Å². The molecule has 0 spiro atoms. The Morgan fingerprint density at radius 3 is 1.83 bits per heavy atom. The van der Waals surface area contributed by atoms with Crippen molar-refractivity contribution < 1.29 is 14.4 Å². The number of thioether (sulfide) groups is 1. The van der Waals surface area contributed by atoms with Crippen molar-refractivity contribution in [3.63, 3.8) is 0 Å². The van der Waals surface area contributed by atoms with Gasteiger partial charge in [-0.25, -0.2) is 4.99 Å². The zero-order valence-corrected chi connectivity index (χ0v) is 26.5. The van der Waals surface area contributed by atoms with Crippen LogP contribution in [0.5, 0.6) is 0 Å². The zero-order valence-electron chi connectivity index (χ0n) is 25.7. The van der Waals surface area contributed by atoms with Crippen LogP contribution in [0.2, 0.25) is 0 Å². The lowest BCUT2D eigenvalue weighted by Gasteiger charge is -2.37. The predicted molar refractivity (Wildman–Crippen MR) is 183 cm³/mol. The van der Waals surface area contributed by atoms with E-state index in [1.165, 1.54) is 23.1 Å². The molecule has 46 heavy (non-hydrogen) atoms. The number of para-hydroxylation sites is 3. The maximum atomic E-state index is 13.3. The molecule has 11 heteroatoms. The molecule has 3 amide bonds. The second-order valence-electron chi connectivity index (χ2n) is 11.8. The molecule has 0 N–H and O–H groups in total. The Morgan fingerprint density at radius 1 is 0.674 bits per heavy atom. The number of hydrogen-bond acceptors (Lipinski definition) is 8. The number of aliphatic imine (C=N–C) groups is 2. The van der Waals surface area contributed by atoms with Gasteiger partial charge in [-0.3, -0.25) is 19.3 Å². The van der Waals surface area contributed by atoms with Crippen molar-refractivity contribution in [2.75, 3.05) is 67.9 Å². The van der Waals surface area contributed by atoms with Crippen LogP contribution in [0.1, 0.15) is 18.4 Å². The summed E-state index contributed by atoms with van der Waals surface area (Å²) in [5.41, 5.74) is 3.85. The lowest BCUT2D eigenvalue weighted by molar-refractivity contribution is -0.132. The van der Waals surface area contributed by atoms with Gasteiger partial charge in [-0.05, 0) is 42.8 Å². The van der Waals surface area contributed by atoms with E-state index >= 15 is 0 Å². The number of benzene rings is 3. The van der Waals surface area contributed by atoms with Gasteiger partial charge in [0.15, 0.2) is 5.17 Å². The first-order chi connectivity index (χ1) is 22.5. The van der Waals surface area contributed by atoms with E-state index in [1.807, 2.05) is 75.4 Å². The molecular formula is C35H37N7O3S. The SMILES string of the molecule is O=C1N=C2c3ccccc3N=C(SCC(=O)N3CCN(c4ccccc4)CC3)N2C1CCC(=O)N1CCN(c2ccccc2)CC1. The monoisotopic (exact) mass is 635 g/mol. The molecule has 0 radical (unpaired) electrons. The highest BCUT2D eigenvalue weighted by Crippen LogP contribution is 2.35. The van der Waals surface area contributed by atoms with E-state index in [0.29, 0.717) is 43.6 Å². The summed E-state index contributed by atoms with van der Waals surface area (Å²) in [4.78, 5) is 59.5. The minimum atomic E-state index is -0.631. The van der Waals surface area contributed by atoms with Crippen LogP contribution in [0.25, 0.3) is 0 Å². The molecule has 3 aromatic rings. The van der Waals surface area contributed by atoms with E-state index < -0.39 is 6.04 Å². The van der Waals surface area contributed by atoms with Crippen molar-refractivity contribution in [2.45, 2.75) is 18.9 Å². The molecule has 7 rings (SSSR count). The Labute approximate surface area is 273 Å². The van der Waals surface area contributed by atoms with Crippen LogP contribution < -0.4 is 9.80 Å². The number of piperazine rings is 2. The molecule has 3 aromatic carbocycles. The summed E-state index contributed by atoms with van der Waals surface area (Å²) >= 11 is 1.34. The Bertz CT molecular complexity index is 1650. The molecule has 0 saturated carbocycles. The van der Waals surface area contributed by atoms with Crippen molar-refractivity contribution in [3.05, 3.63) is 90.5 Å². The van der Waals surface area contributed by atoms with Gasteiger partial charge in [0.05, 0.1) is 11.4 Å². The van der Waals surface area contributed by atoms with Crippen LogP contribution in [0, 0.1) is 0 Å². The molecule has 0 aromatic heterocycles. The van der Waals surface area contributed by atoms with Crippen molar-refractivity contribution in [3.8, 4) is 0 Å². The van der Waals surface area contributed by atoms with Gasteiger partial charge < -0.3 is 19.6 Å². The fraction of sp³-hybridized carbons (Fsp3) is 0.343. The maximum Gasteiger partial charge on any atom is 0.270 e. The van der Waals surface area contributed by atoms with Crippen LogP contribution in [0.3, 0.4) is 0 Å². The highest BCUT2D eigenvalue weighted by Gasteiger charge is 2.42. The summed E-state index contributed by atoms with van der Waals surface area (Å²) in [7, 11) is 0. The van der Waals surface area contributed by atoms with Gasteiger partial charge in [0.25, 0.3) is 5.91 Å². The minimum absolute atomic E-state index is 0.0438. The molecule has 4 aliphatic rings. The van der Waals surface area contributed by atoms with Crippen LogP contribution in [0.4, 0.5) is 17.1 Å². The standard InChI is InChI=1S/C35H37N7O3S/c43-31(40-21-17-38(18-22-40)26-9-3-1-4-10-26)16-15-30-34(45)37-33-28-13-7-8-14-29(28)36-35(42(30)33)46-25-32(44)41-23-19-39(20-24-41)27-11-5-2-6-12-27/h1-14,30H,15-25H2. The fourth-order valence-corrected chi connectivity index (χ4v) is 7.47. The van der Waals surface area contributed by atoms with Gasteiger partial charge in [0, 0.05) is 75.7 Å². The number of hydrogen-bond donors (Lipinski definition) is 0. The number of carbonyl (C=O) groups excluding carboxylic acids is 3. The highest BCUT2D eigenvalue weighted by molar-refractivity contribution is 8.14. The number of rotatable bonds is 7. The first-order valence-electron chi connectivity index (χ1n) is 15.9. The Morgan fingerprint density at radius 2 is 1.22 bits per heavy atom. The van der Waals surface area contributed by atoms with E-state index in [9.17, 15) is 14.4 Å². The van der Waals surface area contributed by atoms with Crippen molar-refractivity contribution >= 4 is 57.5 Å². The molecule has 0 aliphatic carbocycles. The van der Waals surface area contributed by atoms with Gasteiger partial charge in [0.1, 0.15) is 11.9 Å². The molecule has 2 saturated heterocycles. The third kappa shape index (κ3) is 6.24. The summed E-state index contributed by atoms with van der Waals surface area (Å²) in [6, 6.07) is 27.5. The molecule has 10 nitrogen and oxygen atoms in total. The molecule has 0 bridgehead atoms. The molecule has 4 aliphatic heterocycles. The Hall–Kier alpha value is -4.64. The van der Waals surface area contributed by atoms with E-state index in [4.69, 9.17) is 4.99 Å². The van der Waals surface area contributed by atoms with Crippen LogP contribution in [-0.2, 0) is 14.4 Å². The van der Waals surface area contributed by atoms with Gasteiger partial charge in [0.2, 0.25) is 11.8 Å². The quantitative estimate of drug-likeness (QED) is 0.390. The number of amidine groups is 2. The number of amides is 3. The van der Waals surface area contributed by atoms with Crippen LogP contribution in [0.15, 0.2) is 94.9 Å². The normalized spacial score (nSPS) is 19.4. The first kappa shape index (κ1) is 30.0. The highest BCUT2D eigenvalue weighted by atomic mass is 32.2. The zero-order chi connectivity index (χ0) is 31.5. The van der Waals surface area contributed by atoms with Crippen LogP contribution in [-0.4, -0.2) is 108 Å². The number of fused-ring (bicyclic) bond motifs is 3. The minimum Gasteiger partial charge on any atom is -0.368 e. The second kappa shape index (κ2) is 13.4. The van der Waals surface area contributed by atoms with Crippen molar-refractivity contribution in [1.82, 2.24) is 14.7 Å². The molecular weight excluding hydrogens is 598 g/mol. The third-order valence-corrected chi connectivity index (χ3v) is 10.0. The number of anilines is 2. The molecule has 236 valence electrons. The van der Waals surface area contributed by atoms with E-state index in [2.05, 4.69) is 39.1 Å². The topological polar surface area (TPSA) is 92.1 Å². The van der Waals surface area contributed by atoms with Crippen molar-refractivity contribution in [2.24, 2.45) is 9.98 Å². The average Bonchev–Trinajstić information content (AvgIpc) is 3.46. The first-order valence-corrected chi connectivity index (χ1v) is 16.9. The lowest BCUT2D eigenvalue weighted by atomic mass is 10.1. The molecule has 1 atom stereocenters. The van der Waals surface area contributed by atoms with Gasteiger partial charge in [-0.2, -0.15) is 4.99 Å². The smallest absolute Gasteiger partial charge is 0.270 e. The molecule has 2 fully saturated rings. The Balaban J connectivity index is 0.981. The lowest BCUT2D eigenvalue weighted by Crippen LogP contribution is -2.50. The number of nitrogens with zero attached hydrogens (tertiary/aromatic N) is 7. The van der Waals surface area contributed by atoms with Gasteiger partial charge in [-0.15, -0.1) is 0 Å². The molecule has 4 heterocycles. The summed E-state index contributed by atoms with van der Waals surface area (Å²) in [5.74, 6) is 0.578. The van der Waals surface area contributed by atoms with E-state index in [-0.39, 0.29) is 29.9 Å². The van der Waals surface area contributed by atoms with E-state index in [1.54, 1.807) is 0 Å². The predicted octanol–water partition coefficient (Wildman–Crippen LogP) is 3.86. The average molecular weight is 636 g/mol. The molecule has 1 unspecified atom stereocenters. The maximum absolute atomic E-state index is 13.3. The number of carbonyl (C=O) groups is 3. The summed E-state index contributed by atoms with van der Waals surface area (Å²) in [5, 5.41) is 0.577. The van der Waals surface area contributed by atoms with Crippen molar-refractivity contribution in [1.29, 1.82) is 0 Å². The van der Waals surface area contributed by atoms with Gasteiger partial charge >= 0.3 is 0 Å².